The van der Waals surface area contributed by atoms with E-state index in [1.54, 1.807) is 7.05 Å². The smallest absolute Gasteiger partial charge is 0.414 e. The van der Waals surface area contributed by atoms with Crippen LogP contribution in [0.25, 0.3) is 0 Å². The van der Waals surface area contributed by atoms with Crippen LogP contribution in [0.5, 0.6) is 0 Å². The third kappa shape index (κ3) is 3.58. The van der Waals surface area contributed by atoms with Crippen LogP contribution in [0.15, 0.2) is 54.6 Å². The van der Waals surface area contributed by atoms with Gasteiger partial charge in [-0.15, -0.1) is 0 Å². The van der Waals surface area contributed by atoms with Crippen molar-refractivity contribution in [3.8, 4) is 0 Å². The van der Waals surface area contributed by atoms with Crippen molar-refractivity contribution in [2.45, 2.75) is 13.5 Å². The molecule has 0 aliphatic heterocycles. The van der Waals surface area contributed by atoms with Gasteiger partial charge in [0.2, 0.25) is 0 Å². The maximum absolute atomic E-state index is 11.9. The van der Waals surface area contributed by atoms with Gasteiger partial charge >= 0.3 is 6.09 Å². The van der Waals surface area contributed by atoms with Gasteiger partial charge in [-0.1, -0.05) is 48.0 Å². The minimum absolute atomic E-state index is 0.288. The molecule has 0 unspecified atom stereocenters. The van der Waals surface area contributed by atoms with Crippen LogP contribution >= 0.6 is 0 Å². The number of ether oxygens (including phenoxy) is 1. The number of nitrogens with zero attached hydrogens (tertiary/aromatic N) is 1. The molecule has 3 nitrogen and oxygen atoms in total. The van der Waals surface area contributed by atoms with Crippen LogP contribution in [0.3, 0.4) is 0 Å². The summed E-state index contributed by atoms with van der Waals surface area (Å²) in [4.78, 5) is 13.4. The molecule has 0 spiro atoms. The first-order chi connectivity index (χ1) is 9.16. The lowest BCUT2D eigenvalue weighted by Crippen LogP contribution is -2.26. The van der Waals surface area contributed by atoms with Crippen molar-refractivity contribution in [3.05, 3.63) is 65.7 Å². The Balaban J connectivity index is 1.94. The molecule has 3 heteroatoms. The fourth-order valence-corrected chi connectivity index (χ4v) is 1.69. The molecule has 0 radical (unpaired) electrons. The highest BCUT2D eigenvalue weighted by Gasteiger charge is 2.11. The van der Waals surface area contributed by atoms with Gasteiger partial charge in [0.05, 0.1) is 0 Å². The zero-order chi connectivity index (χ0) is 13.7. The molecule has 0 saturated carbocycles. The topological polar surface area (TPSA) is 29.5 Å². The van der Waals surface area contributed by atoms with Crippen molar-refractivity contribution >= 4 is 11.8 Å². The van der Waals surface area contributed by atoms with Crippen LogP contribution in [0.4, 0.5) is 10.5 Å². The Hall–Kier alpha value is -2.29. The van der Waals surface area contributed by atoms with Gasteiger partial charge in [0.15, 0.2) is 0 Å². The Morgan fingerprint density at radius 3 is 2.32 bits per heavy atom. The van der Waals surface area contributed by atoms with E-state index in [0.717, 1.165) is 16.8 Å². The highest BCUT2D eigenvalue weighted by Crippen LogP contribution is 2.14. The molecule has 2 aromatic carbocycles. The Labute approximate surface area is 113 Å². The van der Waals surface area contributed by atoms with Crippen molar-refractivity contribution in [1.82, 2.24) is 0 Å². The van der Waals surface area contributed by atoms with Crippen LogP contribution in [-0.4, -0.2) is 13.1 Å². The maximum Gasteiger partial charge on any atom is 0.414 e. The minimum Gasteiger partial charge on any atom is -0.444 e. The van der Waals surface area contributed by atoms with E-state index >= 15 is 0 Å². The summed E-state index contributed by atoms with van der Waals surface area (Å²) in [6, 6.07) is 17.4. The number of aryl methyl sites for hydroxylation is 1. The van der Waals surface area contributed by atoms with Gasteiger partial charge in [0, 0.05) is 12.7 Å². The van der Waals surface area contributed by atoms with Gasteiger partial charge in [-0.25, -0.2) is 4.79 Å². The minimum atomic E-state index is -0.354. The molecule has 0 aromatic heterocycles. The molecular weight excluding hydrogens is 238 g/mol. The number of carbonyl (C=O) groups is 1. The molecule has 0 N–H and O–H groups in total. The first kappa shape index (κ1) is 13.1. The first-order valence-corrected chi connectivity index (χ1v) is 6.18. The molecule has 1 amide bonds. The van der Waals surface area contributed by atoms with Gasteiger partial charge in [-0.05, 0) is 24.6 Å². The van der Waals surface area contributed by atoms with E-state index in [-0.39, 0.29) is 12.7 Å². The quantitative estimate of drug-likeness (QED) is 0.835. The van der Waals surface area contributed by atoms with Gasteiger partial charge in [0.1, 0.15) is 6.61 Å². The van der Waals surface area contributed by atoms with Crippen LogP contribution in [0.2, 0.25) is 0 Å². The predicted octanol–water partition coefficient (Wildman–Crippen LogP) is 3.77. The summed E-state index contributed by atoms with van der Waals surface area (Å²) < 4.78 is 5.26. The largest absolute Gasteiger partial charge is 0.444 e. The molecule has 19 heavy (non-hydrogen) atoms. The number of amides is 1. The summed E-state index contributed by atoms with van der Waals surface area (Å²) in [7, 11) is 1.71. The zero-order valence-corrected chi connectivity index (χ0v) is 11.2. The van der Waals surface area contributed by atoms with E-state index in [1.807, 2.05) is 61.5 Å². The van der Waals surface area contributed by atoms with Gasteiger partial charge < -0.3 is 4.74 Å². The summed E-state index contributed by atoms with van der Waals surface area (Å²) in [6.45, 7) is 2.30. The lowest BCUT2D eigenvalue weighted by atomic mass is 10.2. The number of carbonyl (C=O) groups excluding carboxylic acids is 1. The Kier molecular flexibility index (Phi) is 4.18. The van der Waals surface area contributed by atoms with Crippen LogP contribution in [-0.2, 0) is 11.3 Å². The standard InChI is InChI=1S/C16H17NO2/c1-13-8-10-15(11-9-13)17(2)16(18)19-12-14-6-4-3-5-7-14/h3-11H,12H2,1-2H3. The van der Waals surface area contributed by atoms with E-state index in [1.165, 1.54) is 4.90 Å². The van der Waals surface area contributed by atoms with Crippen molar-refractivity contribution < 1.29 is 9.53 Å². The van der Waals surface area contributed by atoms with Crippen molar-refractivity contribution in [2.75, 3.05) is 11.9 Å². The molecule has 98 valence electrons. The molecule has 0 atom stereocenters. The van der Waals surface area contributed by atoms with E-state index in [0.29, 0.717) is 0 Å². The molecule has 0 fully saturated rings. The molecule has 0 aliphatic carbocycles. The average Bonchev–Trinajstić information content (AvgIpc) is 2.46. The van der Waals surface area contributed by atoms with Crippen molar-refractivity contribution in [1.29, 1.82) is 0 Å². The second-order valence-corrected chi connectivity index (χ2v) is 4.43. The summed E-state index contributed by atoms with van der Waals surface area (Å²) in [6.07, 6.45) is -0.354. The third-order valence-electron chi connectivity index (χ3n) is 2.90. The SMILES string of the molecule is Cc1ccc(N(C)C(=O)OCc2ccccc2)cc1. The van der Waals surface area contributed by atoms with Crippen LogP contribution in [0.1, 0.15) is 11.1 Å². The molecule has 0 aliphatic rings. The lowest BCUT2D eigenvalue weighted by molar-refractivity contribution is 0.148. The lowest BCUT2D eigenvalue weighted by Gasteiger charge is -2.17. The fourth-order valence-electron chi connectivity index (χ4n) is 1.69. The van der Waals surface area contributed by atoms with E-state index in [2.05, 4.69) is 0 Å². The monoisotopic (exact) mass is 255 g/mol. The first-order valence-electron chi connectivity index (χ1n) is 6.18. The molecule has 2 rings (SSSR count). The average molecular weight is 255 g/mol. The van der Waals surface area contributed by atoms with E-state index in [4.69, 9.17) is 4.74 Å². The zero-order valence-electron chi connectivity index (χ0n) is 11.2. The normalized spacial score (nSPS) is 10.0. The Morgan fingerprint density at radius 2 is 1.68 bits per heavy atom. The summed E-state index contributed by atoms with van der Waals surface area (Å²) in [5.41, 5.74) is 2.96. The van der Waals surface area contributed by atoms with Gasteiger partial charge in [-0.2, -0.15) is 0 Å². The molecular formula is C16H17NO2. The highest BCUT2D eigenvalue weighted by molar-refractivity contribution is 5.86. The number of benzene rings is 2. The van der Waals surface area contributed by atoms with E-state index < -0.39 is 0 Å². The predicted molar refractivity (Wildman–Crippen MR) is 76.2 cm³/mol. The summed E-state index contributed by atoms with van der Waals surface area (Å²) in [5.74, 6) is 0. The molecule has 2 aromatic rings. The number of hydrogen-bond donors (Lipinski definition) is 0. The van der Waals surface area contributed by atoms with Gasteiger partial charge in [0.25, 0.3) is 0 Å². The second-order valence-electron chi connectivity index (χ2n) is 4.43. The van der Waals surface area contributed by atoms with Crippen molar-refractivity contribution in [2.24, 2.45) is 0 Å². The van der Waals surface area contributed by atoms with E-state index in [9.17, 15) is 4.79 Å². The van der Waals surface area contributed by atoms with Crippen molar-refractivity contribution in [3.63, 3.8) is 0 Å². The van der Waals surface area contributed by atoms with Gasteiger partial charge in [-0.3, -0.25) is 4.90 Å². The van der Waals surface area contributed by atoms with Crippen LogP contribution in [0, 0.1) is 6.92 Å². The third-order valence-corrected chi connectivity index (χ3v) is 2.90. The molecule has 0 heterocycles. The maximum atomic E-state index is 11.9. The Morgan fingerprint density at radius 1 is 1.05 bits per heavy atom. The summed E-state index contributed by atoms with van der Waals surface area (Å²) in [5, 5.41) is 0. The Bertz CT molecular complexity index is 534. The summed E-state index contributed by atoms with van der Waals surface area (Å²) >= 11 is 0. The molecule has 0 bridgehead atoms. The van der Waals surface area contributed by atoms with Crippen LogP contribution < -0.4 is 4.90 Å². The highest BCUT2D eigenvalue weighted by atomic mass is 16.6. The second kappa shape index (κ2) is 6.05. The number of hydrogen-bond acceptors (Lipinski definition) is 2. The fraction of sp³-hybridized carbons (Fsp3) is 0.188. The molecule has 0 saturated heterocycles. The number of rotatable bonds is 3. The number of anilines is 1.